The van der Waals surface area contributed by atoms with Gasteiger partial charge in [0.1, 0.15) is 12.3 Å². The number of hydrogen-bond acceptors (Lipinski definition) is 3. The van der Waals surface area contributed by atoms with E-state index in [0.29, 0.717) is 11.4 Å². The maximum Gasteiger partial charge on any atom is 0.323 e. The van der Waals surface area contributed by atoms with E-state index < -0.39 is 18.5 Å². The van der Waals surface area contributed by atoms with E-state index in [1.807, 2.05) is 13.8 Å². The molecule has 2 amide bonds. The molecule has 0 radical (unpaired) electrons. The van der Waals surface area contributed by atoms with E-state index in [4.69, 9.17) is 9.84 Å². The predicted molar refractivity (Wildman–Crippen MR) is 66.9 cm³/mol. The smallest absolute Gasteiger partial charge is 0.323 e. The SMILES string of the molecule is CC(C)Oc1ccc(NC(=O)NCC(=O)O)cc1. The highest BCUT2D eigenvalue weighted by atomic mass is 16.5. The van der Waals surface area contributed by atoms with Crippen molar-refractivity contribution in [2.75, 3.05) is 11.9 Å². The molecule has 0 aliphatic rings. The Morgan fingerprint density at radius 2 is 1.89 bits per heavy atom. The van der Waals surface area contributed by atoms with Gasteiger partial charge in [-0.3, -0.25) is 4.79 Å². The predicted octanol–water partition coefficient (Wildman–Crippen LogP) is 1.68. The van der Waals surface area contributed by atoms with E-state index in [1.165, 1.54) is 0 Å². The van der Waals surface area contributed by atoms with E-state index in [9.17, 15) is 9.59 Å². The van der Waals surface area contributed by atoms with E-state index in [1.54, 1.807) is 24.3 Å². The molecule has 0 aliphatic heterocycles. The monoisotopic (exact) mass is 252 g/mol. The number of rotatable bonds is 5. The van der Waals surface area contributed by atoms with Gasteiger partial charge in [-0.15, -0.1) is 0 Å². The summed E-state index contributed by atoms with van der Waals surface area (Å²) in [6.07, 6.45) is 0.0858. The number of hydrogen-bond donors (Lipinski definition) is 3. The van der Waals surface area contributed by atoms with Gasteiger partial charge in [0.05, 0.1) is 6.10 Å². The molecule has 1 aromatic carbocycles. The van der Waals surface area contributed by atoms with E-state index in [0.717, 1.165) is 0 Å². The van der Waals surface area contributed by atoms with Crippen molar-refractivity contribution in [3.63, 3.8) is 0 Å². The van der Waals surface area contributed by atoms with E-state index in [-0.39, 0.29) is 6.10 Å². The topological polar surface area (TPSA) is 87.7 Å². The summed E-state index contributed by atoms with van der Waals surface area (Å²) in [6, 6.07) is 6.25. The van der Waals surface area contributed by atoms with Gasteiger partial charge < -0.3 is 20.5 Å². The highest BCUT2D eigenvalue weighted by Crippen LogP contribution is 2.16. The summed E-state index contributed by atoms with van der Waals surface area (Å²) in [5.41, 5.74) is 0.564. The standard InChI is InChI=1S/C12H16N2O4/c1-8(2)18-10-5-3-9(4-6-10)14-12(17)13-7-11(15)16/h3-6,8H,7H2,1-2H3,(H,15,16)(H2,13,14,17). The number of carbonyl (C=O) groups is 2. The van der Waals surface area contributed by atoms with Crippen LogP contribution < -0.4 is 15.4 Å². The normalized spacial score (nSPS) is 9.94. The van der Waals surface area contributed by atoms with Crippen LogP contribution in [0.3, 0.4) is 0 Å². The second-order valence-electron chi connectivity index (χ2n) is 3.89. The molecule has 6 nitrogen and oxygen atoms in total. The van der Waals surface area contributed by atoms with Crippen LogP contribution in [0.25, 0.3) is 0 Å². The molecule has 0 aromatic heterocycles. The summed E-state index contributed by atoms with van der Waals surface area (Å²) in [5, 5.41) is 13.1. The molecule has 0 aliphatic carbocycles. The van der Waals surface area contributed by atoms with E-state index in [2.05, 4.69) is 10.6 Å². The molecular weight excluding hydrogens is 236 g/mol. The first-order chi connectivity index (χ1) is 8.47. The number of urea groups is 1. The number of amides is 2. The number of nitrogens with one attached hydrogen (secondary N) is 2. The van der Waals surface area contributed by atoms with Crippen LogP contribution in [0.15, 0.2) is 24.3 Å². The summed E-state index contributed by atoms with van der Waals surface area (Å²) in [7, 11) is 0. The van der Waals surface area contributed by atoms with Gasteiger partial charge in [0.2, 0.25) is 0 Å². The maximum absolute atomic E-state index is 11.3. The molecule has 0 bridgehead atoms. The van der Waals surface area contributed by atoms with Gasteiger partial charge >= 0.3 is 12.0 Å². The number of ether oxygens (including phenoxy) is 1. The molecule has 3 N–H and O–H groups in total. The number of benzene rings is 1. The third-order valence-corrected chi connectivity index (χ3v) is 1.88. The van der Waals surface area contributed by atoms with Crippen LogP contribution in [0.4, 0.5) is 10.5 Å². The molecular formula is C12H16N2O4. The van der Waals surface area contributed by atoms with Crippen LogP contribution in [0, 0.1) is 0 Å². The average Bonchev–Trinajstić information content (AvgIpc) is 2.28. The Morgan fingerprint density at radius 3 is 2.39 bits per heavy atom. The molecule has 6 heteroatoms. The Kier molecular flexibility index (Phi) is 4.98. The summed E-state index contributed by atoms with van der Waals surface area (Å²) in [6.45, 7) is 3.43. The van der Waals surface area contributed by atoms with Gasteiger partial charge in [-0.25, -0.2) is 4.79 Å². The largest absolute Gasteiger partial charge is 0.491 e. The highest BCUT2D eigenvalue weighted by molar-refractivity contribution is 5.91. The lowest BCUT2D eigenvalue weighted by molar-refractivity contribution is -0.135. The summed E-state index contributed by atoms with van der Waals surface area (Å²) >= 11 is 0. The number of carboxylic acids is 1. The summed E-state index contributed by atoms with van der Waals surface area (Å²) in [4.78, 5) is 21.5. The van der Waals surface area contributed by atoms with Crippen LogP contribution in [-0.4, -0.2) is 29.8 Å². The molecule has 0 heterocycles. The van der Waals surface area contributed by atoms with Crippen molar-refractivity contribution in [1.29, 1.82) is 0 Å². The van der Waals surface area contributed by atoms with Crippen LogP contribution in [-0.2, 0) is 4.79 Å². The fourth-order valence-corrected chi connectivity index (χ4v) is 1.22. The quantitative estimate of drug-likeness (QED) is 0.744. The third kappa shape index (κ3) is 5.20. The fourth-order valence-electron chi connectivity index (χ4n) is 1.22. The number of carboxylic acid groups (broad SMARTS) is 1. The van der Waals surface area contributed by atoms with Crippen LogP contribution >= 0.6 is 0 Å². The molecule has 0 atom stereocenters. The Hall–Kier alpha value is -2.24. The zero-order valence-corrected chi connectivity index (χ0v) is 10.3. The lowest BCUT2D eigenvalue weighted by Gasteiger charge is -2.10. The Bertz CT molecular complexity index is 415. The van der Waals surface area contributed by atoms with E-state index >= 15 is 0 Å². The first-order valence-electron chi connectivity index (χ1n) is 5.50. The minimum Gasteiger partial charge on any atom is -0.491 e. The molecule has 0 unspecified atom stereocenters. The highest BCUT2D eigenvalue weighted by Gasteiger charge is 2.04. The lowest BCUT2D eigenvalue weighted by atomic mass is 10.3. The third-order valence-electron chi connectivity index (χ3n) is 1.88. The zero-order valence-electron chi connectivity index (χ0n) is 10.3. The summed E-state index contributed by atoms with van der Waals surface area (Å²) < 4.78 is 5.45. The van der Waals surface area contributed by atoms with Gasteiger partial charge in [-0.2, -0.15) is 0 Å². The second kappa shape index (κ2) is 6.48. The Balaban J connectivity index is 2.48. The van der Waals surface area contributed by atoms with Crippen molar-refractivity contribution in [3.8, 4) is 5.75 Å². The van der Waals surface area contributed by atoms with Crippen LogP contribution in [0.5, 0.6) is 5.75 Å². The van der Waals surface area contributed by atoms with Crippen molar-refractivity contribution in [2.24, 2.45) is 0 Å². The molecule has 0 saturated heterocycles. The van der Waals surface area contributed by atoms with Gasteiger partial charge in [-0.05, 0) is 38.1 Å². The Morgan fingerprint density at radius 1 is 1.28 bits per heavy atom. The van der Waals surface area contributed by atoms with Gasteiger partial charge in [0.25, 0.3) is 0 Å². The minimum absolute atomic E-state index is 0.0858. The van der Waals surface area contributed by atoms with Crippen molar-refractivity contribution in [3.05, 3.63) is 24.3 Å². The van der Waals surface area contributed by atoms with Gasteiger partial charge in [-0.1, -0.05) is 0 Å². The van der Waals surface area contributed by atoms with Crippen LogP contribution in [0.2, 0.25) is 0 Å². The van der Waals surface area contributed by atoms with Crippen molar-refractivity contribution < 1.29 is 19.4 Å². The van der Waals surface area contributed by atoms with Crippen molar-refractivity contribution in [1.82, 2.24) is 5.32 Å². The van der Waals surface area contributed by atoms with Gasteiger partial charge in [0, 0.05) is 5.69 Å². The van der Waals surface area contributed by atoms with Crippen molar-refractivity contribution in [2.45, 2.75) is 20.0 Å². The number of aliphatic carboxylic acids is 1. The first-order valence-corrected chi connectivity index (χ1v) is 5.50. The zero-order chi connectivity index (χ0) is 13.5. The lowest BCUT2D eigenvalue weighted by Crippen LogP contribution is -2.33. The van der Waals surface area contributed by atoms with Gasteiger partial charge in [0.15, 0.2) is 0 Å². The minimum atomic E-state index is -1.09. The second-order valence-corrected chi connectivity index (χ2v) is 3.89. The average molecular weight is 252 g/mol. The number of carbonyl (C=O) groups excluding carboxylic acids is 1. The molecule has 0 fully saturated rings. The Labute approximate surface area is 105 Å². The number of anilines is 1. The maximum atomic E-state index is 11.3. The first kappa shape index (κ1) is 13.8. The van der Waals surface area contributed by atoms with Crippen molar-refractivity contribution >= 4 is 17.7 Å². The fraction of sp³-hybridized carbons (Fsp3) is 0.333. The molecule has 1 aromatic rings. The molecule has 98 valence electrons. The molecule has 0 spiro atoms. The summed E-state index contributed by atoms with van der Waals surface area (Å²) in [5.74, 6) is -0.382. The molecule has 18 heavy (non-hydrogen) atoms. The molecule has 0 saturated carbocycles. The molecule has 1 rings (SSSR count). The van der Waals surface area contributed by atoms with Crippen LogP contribution in [0.1, 0.15) is 13.8 Å².